The van der Waals surface area contributed by atoms with Crippen molar-refractivity contribution >= 4 is 23.5 Å². The molecule has 1 saturated heterocycles. The summed E-state index contributed by atoms with van der Waals surface area (Å²) in [5.41, 5.74) is 0. The minimum atomic E-state index is 0.162. The zero-order chi connectivity index (χ0) is 11.8. The van der Waals surface area contributed by atoms with Crippen LogP contribution in [0.3, 0.4) is 0 Å². The Kier molecular flexibility index (Phi) is 6.49. The lowest BCUT2D eigenvalue weighted by atomic mass is 10.1. The molecule has 0 aliphatic carbocycles. The number of carbonyl (C=O) groups is 2. The quantitative estimate of drug-likeness (QED) is 0.654. The van der Waals surface area contributed by atoms with Crippen molar-refractivity contribution in [2.24, 2.45) is 0 Å². The van der Waals surface area contributed by atoms with Gasteiger partial charge in [0, 0.05) is 39.6 Å². The van der Waals surface area contributed by atoms with Crippen LogP contribution < -0.4 is 0 Å². The fraction of sp³-hybridized carbons (Fsp3) is 0.818. The first kappa shape index (κ1) is 13.5. The minimum absolute atomic E-state index is 0.162. The summed E-state index contributed by atoms with van der Waals surface area (Å²) < 4.78 is 4.93. The average molecular weight is 245 g/mol. The molecular weight excluding hydrogens is 226 g/mol. The van der Waals surface area contributed by atoms with E-state index in [1.54, 1.807) is 23.8 Å². The number of nitrogens with zero attached hydrogens (tertiary/aromatic N) is 1. The molecule has 0 unspecified atom stereocenters. The number of ether oxygens (including phenoxy) is 1. The fourth-order valence-electron chi connectivity index (χ4n) is 1.56. The van der Waals surface area contributed by atoms with Crippen LogP contribution in [0.15, 0.2) is 0 Å². The van der Waals surface area contributed by atoms with Gasteiger partial charge in [-0.25, -0.2) is 0 Å². The second-order valence-electron chi connectivity index (χ2n) is 3.82. The first-order chi connectivity index (χ1) is 7.74. The van der Waals surface area contributed by atoms with Crippen LogP contribution in [0.4, 0.5) is 0 Å². The van der Waals surface area contributed by atoms with Crippen molar-refractivity contribution in [1.82, 2.24) is 4.90 Å². The molecule has 0 bridgehead atoms. The Balaban J connectivity index is 2.08. The molecule has 0 atom stereocenters. The van der Waals surface area contributed by atoms with Gasteiger partial charge in [-0.05, 0) is 12.2 Å². The predicted octanol–water partition coefficient (Wildman–Crippen LogP) is 0.948. The van der Waals surface area contributed by atoms with Crippen molar-refractivity contribution in [3.05, 3.63) is 0 Å². The van der Waals surface area contributed by atoms with Crippen molar-refractivity contribution in [2.45, 2.75) is 19.3 Å². The van der Waals surface area contributed by atoms with Gasteiger partial charge in [0.15, 0.2) is 0 Å². The van der Waals surface area contributed by atoms with Crippen LogP contribution in [-0.4, -0.2) is 54.9 Å². The second kappa shape index (κ2) is 7.68. The summed E-state index contributed by atoms with van der Waals surface area (Å²) in [5.74, 6) is 1.91. The standard InChI is InChI=1S/C11H19NO3S/c1-15-7-2-8-16-9-11(14)12-5-3-10(13)4-6-12/h2-9H2,1H3. The van der Waals surface area contributed by atoms with E-state index in [-0.39, 0.29) is 11.7 Å². The molecule has 0 spiro atoms. The normalized spacial score (nSPS) is 16.6. The predicted molar refractivity (Wildman–Crippen MR) is 64.6 cm³/mol. The van der Waals surface area contributed by atoms with Gasteiger partial charge in [0.1, 0.15) is 5.78 Å². The van der Waals surface area contributed by atoms with E-state index in [0.717, 1.165) is 18.8 Å². The number of thioether (sulfide) groups is 1. The molecule has 1 amide bonds. The summed E-state index contributed by atoms with van der Waals surface area (Å²) in [4.78, 5) is 24.5. The number of rotatable bonds is 6. The van der Waals surface area contributed by atoms with Gasteiger partial charge in [-0.2, -0.15) is 11.8 Å². The molecule has 1 aliphatic rings. The van der Waals surface area contributed by atoms with Gasteiger partial charge in [0.05, 0.1) is 5.75 Å². The molecule has 1 heterocycles. The summed E-state index contributed by atoms with van der Waals surface area (Å²) in [6, 6.07) is 0. The molecule has 92 valence electrons. The van der Waals surface area contributed by atoms with Crippen LogP contribution in [0.1, 0.15) is 19.3 Å². The number of hydrogen-bond donors (Lipinski definition) is 0. The van der Waals surface area contributed by atoms with E-state index in [1.165, 1.54) is 0 Å². The molecule has 0 saturated carbocycles. The van der Waals surface area contributed by atoms with Crippen molar-refractivity contribution in [2.75, 3.05) is 38.3 Å². The monoisotopic (exact) mass is 245 g/mol. The minimum Gasteiger partial charge on any atom is -0.385 e. The maximum atomic E-state index is 11.7. The van der Waals surface area contributed by atoms with E-state index in [9.17, 15) is 9.59 Å². The Morgan fingerprint density at radius 2 is 2.12 bits per heavy atom. The van der Waals surface area contributed by atoms with Crippen LogP contribution in [0.25, 0.3) is 0 Å². The van der Waals surface area contributed by atoms with Crippen molar-refractivity contribution < 1.29 is 14.3 Å². The highest BCUT2D eigenvalue weighted by atomic mass is 32.2. The zero-order valence-electron chi connectivity index (χ0n) is 9.74. The number of hydrogen-bond acceptors (Lipinski definition) is 4. The van der Waals surface area contributed by atoms with E-state index in [0.29, 0.717) is 31.7 Å². The van der Waals surface area contributed by atoms with E-state index in [2.05, 4.69) is 0 Å². The first-order valence-corrected chi connectivity index (χ1v) is 6.75. The third-order valence-electron chi connectivity index (χ3n) is 2.54. The summed E-state index contributed by atoms with van der Waals surface area (Å²) in [5, 5.41) is 0. The summed E-state index contributed by atoms with van der Waals surface area (Å²) >= 11 is 1.64. The van der Waals surface area contributed by atoms with E-state index >= 15 is 0 Å². The van der Waals surface area contributed by atoms with Crippen LogP contribution >= 0.6 is 11.8 Å². The Labute approximate surface area is 101 Å². The average Bonchev–Trinajstić information content (AvgIpc) is 2.29. The van der Waals surface area contributed by atoms with Crippen LogP contribution in [0.5, 0.6) is 0 Å². The molecule has 1 fully saturated rings. The van der Waals surface area contributed by atoms with Crippen molar-refractivity contribution in [1.29, 1.82) is 0 Å². The molecular formula is C11H19NO3S. The Hall–Kier alpha value is -0.550. The highest BCUT2D eigenvalue weighted by Crippen LogP contribution is 2.09. The number of carbonyl (C=O) groups excluding carboxylic acids is 2. The summed E-state index contributed by atoms with van der Waals surface area (Å²) in [6.45, 7) is 1.96. The molecule has 1 aliphatic heterocycles. The van der Waals surface area contributed by atoms with Crippen LogP contribution in [0, 0.1) is 0 Å². The number of ketones is 1. The van der Waals surface area contributed by atoms with E-state index in [4.69, 9.17) is 4.74 Å². The third kappa shape index (κ3) is 4.99. The molecule has 0 radical (unpaired) electrons. The first-order valence-electron chi connectivity index (χ1n) is 5.60. The lowest BCUT2D eigenvalue weighted by molar-refractivity contribution is -0.132. The van der Waals surface area contributed by atoms with Gasteiger partial charge in [0.25, 0.3) is 0 Å². The fourth-order valence-corrected chi connectivity index (χ4v) is 2.39. The lowest BCUT2D eigenvalue weighted by Gasteiger charge is -2.25. The molecule has 16 heavy (non-hydrogen) atoms. The number of methoxy groups -OCH3 is 1. The van der Waals surface area contributed by atoms with Gasteiger partial charge < -0.3 is 9.64 Å². The molecule has 0 N–H and O–H groups in total. The molecule has 4 nitrogen and oxygen atoms in total. The summed E-state index contributed by atoms with van der Waals surface area (Å²) in [6.07, 6.45) is 2.03. The highest BCUT2D eigenvalue weighted by Gasteiger charge is 2.20. The molecule has 0 aromatic rings. The zero-order valence-corrected chi connectivity index (χ0v) is 10.6. The molecule has 0 aromatic carbocycles. The van der Waals surface area contributed by atoms with Crippen molar-refractivity contribution in [3.8, 4) is 0 Å². The van der Waals surface area contributed by atoms with Crippen LogP contribution in [-0.2, 0) is 14.3 Å². The Morgan fingerprint density at radius 1 is 1.44 bits per heavy atom. The number of piperidine rings is 1. The smallest absolute Gasteiger partial charge is 0.232 e. The lowest BCUT2D eigenvalue weighted by Crippen LogP contribution is -2.39. The van der Waals surface area contributed by atoms with Crippen molar-refractivity contribution in [3.63, 3.8) is 0 Å². The largest absolute Gasteiger partial charge is 0.385 e. The van der Waals surface area contributed by atoms with E-state index in [1.807, 2.05) is 0 Å². The number of likely N-dealkylation sites (tertiary alicyclic amines) is 1. The Bertz CT molecular complexity index is 235. The highest BCUT2D eigenvalue weighted by molar-refractivity contribution is 7.99. The van der Waals surface area contributed by atoms with Gasteiger partial charge in [0.2, 0.25) is 5.91 Å². The van der Waals surface area contributed by atoms with E-state index < -0.39 is 0 Å². The SMILES string of the molecule is COCCCSCC(=O)N1CCC(=O)CC1. The van der Waals surface area contributed by atoms with Gasteiger partial charge >= 0.3 is 0 Å². The number of Topliss-reactive ketones (excluding diaryl/α,β-unsaturated/α-hetero) is 1. The molecule has 0 aromatic heterocycles. The molecule has 5 heteroatoms. The second-order valence-corrected chi connectivity index (χ2v) is 4.92. The maximum Gasteiger partial charge on any atom is 0.232 e. The topological polar surface area (TPSA) is 46.6 Å². The van der Waals surface area contributed by atoms with Gasteiger partial charge in [-0.1, -0.05) is 0 Å². The van der Waals surface area contributed by atoms with Gasteiger partial charge in [-0.3, -0.25) is 9.59 Å². The maximum absolute atomic E-state index is 11.7. The molecule has 1 rings (SSSR count). The number of amides is 1. The van der Waals surface area contributed by atoms with Crippen LogP contribution in [0.2, 0.25) is 0 Å². The Morgan fingerprint density at radius 3 is 2.75 bits per heavy atom. The summed E-state index contributed by atoms with van der Waals surface area (Å²) in [7, 11) is 1.68. The van der Waals surface area contributed by atoms with Gasteiger partial charge in [-0.15, -0.1) is 0 Å². The third-order valence-corrected chi connectivity index (χ3v) is 3.56.